The van der Waals surface area contributed by atoms with Gasteiger partial charge < -0.3 is 27.9 Å². The number of unbranched alkanes of at least 4 members (excludes halogenated alkanes) is 29. The first kappa shape index (κ1) is 62.2. The maximum Gasteiger partial charge on any atom is 0.306 e. The van der Waals surface area contributed by atoms with Crippen molar-refractivity contribution >= 4 is 19.8 Å². The van der Waals surface area contributed by atoms with Gasteiger partial charge in [-0.05, 0) is 51.4 Å². The summed E-state index contributed by atoms with van der Waals surface area (Å²) in [5, 5.41) is 0. The normalized spacial score (nSPS) is 13.7. The van der Waals surface area contributed by atoms with Crippen molar-refractivity contribution in [2.45, 2.75) is 251 Å². The summed E-state index contributed by atoms with van der Waals surface area (Å²) in [7, 11) is 1.16. The van der Waals surface area contributed by atoms with E-state index in [4.69, 9.17) is 18.5 Å². The molecule has 0 fully saturated rings. The molecule has 376 valence electrons. The zero-order valence-corrected chi connectivity index (χ0v) is 43.4. The smallest absolute Gasteiger partial charge is 0.306 e. The van der Waals surface area contributed by atoms with Gasteiger partial charge in [-0.1, -0.05) is 217 Å². The van der Waals surface area contributed by atoms with E-state index in [9.17, 15) is 19.0 Å². The zero-order chi connectivity index (χ0) is 47.1. The fourth-order valence-corrected chi connectivity index (χ4v) is 8.22. The highest BCUT2D eigenvalue weighted by atomic mass is 31.2. The molecule has 64 heavy (non-hydrogen) atoms. The quantitative estimate of drug-likeness (QED) is 0.0195. The molecule has 0 aliphatic heterocycles. The third kappa shape index (κ3) is 49.7. The first-order valence-electron chi connectivity index (χ1n) is 26.7. The molecule has 10 heteroatoms. The van der Waals surface area contributed by atoms with E-state index < -0.39 is 32.5 Å². The molecular formula is C54H102NO8P. The van der Waals surface area contributed by atoms with Gasteiger partial charge in [-0.15, -0.1) is 0 Å². The van der Waals surface area contributed by atoms with Crippen molar-refractivity contribution in [3.05, 3.63) is 36.5 Å². The van der Waals surface area contributed by atoms with Gasteiger partial charge in [0.25, 0.3) is 7.82 Å². The van der Waals surface area contributed by atoms with Crippen molar-refractivity contribution in [2.75, 3.05) is 47.5 Å². The molecule has 9 nitrogen and oxygen atoms in total. The number of phosphoric acid groups is 1. The number of carbonyl (C=O) groups excluding carboxylic acids is 2. The second kappa shape index (κ2) is 46.3. The standard InChI is InChI=1S/C54H102NO8P/c1-6-8-10-12-14-16-18-20-22-24-25-26-27-28-29-31-33-35-37-39-41-43-45-47-54(57)63-52(51-62-64(58,59)61-49-48-55(3,4)5)50-60-53(56)46-44-42-40-38-36-34-32-30-23-21-19-17-15-13-11-9-7-2/h15,17,21,23,32,34,52H,6-14,16,18-20,22,24-31,33,35-51H2,1-5H3/b17-15+,23-21+,34-32+/t52-/m1/s1. The van der Waals surface area contributed by atoms with E-state index in [0.29, 0.717) is 23.9 Å². The lowest BCUT2D eigenvalue weighted by Gasteiger charge is -2.28. The molecule has 2 atom stereocenters. The average Bonchev–Trinajstić information content (AvgIpc) is 3.25. The Hall–Kier alpha value is -1.77. The van der Waals surface area contributed by atoms with Crippen LogP contribution in [-0.2, 0) is 32.7 Å². The van der Waals surface area contributed by atoms with Crippen molar-refractivity contribution in [1.29, 1.82) is 0 Å². The van der Waals surface area contributed by atoms with E-state index in [1.165, 1.54) is 154 Å². The van der Waals surface area contributed by atoms with E-state index in [-0.39, 0.29) is 26.1 Å². The van der Waals surface area contributed by atoms with Crippen molar-refractivity contribution in [3.63, 3.8) is 0 Å². The Kier molecular flexibility index (Phi) is 45.1. The Labute approximate surface area is 395 Å². The third-order valence-corrected chi connectivity index (χ3v) is 12.6. The molecule has 0 aromatic carbocycles. The summed E-state index contributed by atoms with van der Waals surface area (Å²) in [5.74, 6) is -0.849. The number of hydrogen-bond donors (Lipinski definition) is 0. The zero-order valence-electron chi connectivity index (χ0n) is 42.5. The van der Waals surface area contributed by atoms with Crippen LogP contribution in [-0.4, -0.2) is 70.0 Å². The molecule has 0 bridgehead atoms. The Morgan fingerprint density at radius 2 is 0.844 bits per heavy atom. The molecule has 0 aliphatic rings. The summed E-state index contributed by atoms with van der Waals surface area (Å²) < 4.78 is 34.1. The van der Waals surface area contributed by atoms with Crippen LogP contribution in [0.1, 0.15) is 245 Å². The molecule has 0 aromatic heterocycles. The minimum absolute atomic E-state index is 0.0335. The predicted octanol–water partition coefficient (Wildman–Crippen LogP) is 15.4. The Balaban J connectivity index is 4.21. The largest absolute Gasteiger partial charge is 0.756 e. The van der Waals surface area contributed by atoms with Crippen LogP contribution in [0.25, 0.3) is 0 Å². The minimum Gasteiger partial charge on any atom is -0.756 e. The molecule has 1 unspecified atom stereocenters. The van der Waals surface area contributed by atoms with Gasteiger partial charge in [0.2, 0.25) is 0 Å². The lowest BCUT2D eigenvalue weighted by atomic mass is 10.0. The number of phosphoric ester groups is 1. The first-order chi connectivity index (χ1) is 31.0. The van der Waals surface area contributed by atoms with Crippen LogP contribution in [0.2, 0.25) is 0 Å². The number of rotatable bonds is 49. The summed E-state index contributed by atoms with van der Waals surface area (Å²) in [6.45, 7) is 4.21. The van der Waals surface area contributed by atoms with E-state index in [1.54, 1.807) is 0 Å². The molecule has 0 radical (unpaired) electrons. The maximum atomic E-state index is 12.8. The molecule has 0 heterocycles. The van der Waals surface area contributed by atoms with Gasteiger partial charge in [0.1, 0.15) is 19.8 Å². The molecule has 0 saturated carbocycles. The van der Waals surface area contributed by atoms with Gasteiger partial charge in [0.15, 0.2) is 6.10 Å². The van der Waals surface area contributed by atoms with Crippen LogP contribution in [0, 0.1) is 0 Å². The number of ether oxygens (including phenoxy) is 2. The molecule has 0 aliphatic carbocycles. The van der Waals surface area contributed by atoms with E-state index in [0.717, 1.165) is 51.4 Å². The summed E-state index contributed by atoms with van der Waals surface area (Å²) in [6.07, 6.45) is 54.7. The molecule has 0 rings (SSSR count). The van der Waals surface area contributed by atoms with Crippen molar-refractivity contribution in [2.24, 2.45) is 0 Å². The van der Waals surface area contributed by atoms with Gasteiger partial charge in [-0.25, -0.2) is 0 Å². The first-order valence-corrected chi connectivity index (χ1v) is 28.2. The number of likely N-dealkylation sites (N-methyl/N-ethyl adjacent to an activating group) is 1. The van der Waals surface area contributed by atoms with Crippen LogP contribution < -0.4 is 4.89 Å². The highest BCUT2D eigenvalue weighted by Crippen LogP contribution is 2.38. The topological polar surface area (TPSA) is 111 Å². The van der Waals surface area contributed by atoms with Gasteiger partial charge in [0.05, 0.1) is 27.7 Å². The number of esters is 2. The lowest BCUT2D eigenvalue weighted by molar-refractivity contribution is -0.870. The molecule has 0 amide bonds. The minimum atomic E-state index is -4.63. The fraction of sp³-hybridized carbons (Fsp3) is 0.852. The third-order valence-electron chi connectivity index (χ3n) is 11.7. The highest BCUT2D eigenvalue weighted by Gasteiger charge is 2.21. The summed E-state index contributed by atoms with van der Waals surface area (Å²) in [5.41, 5.74) is 0. The monoisotopic (exact) mass is 924 g/mol. The maximum absolute atomic E-state index is 12.8. The van der Waals surface area contributed by atoms with E-state index >= 15 is 0 Å². The molecule has 0 N–H and O–H groups in total. The second-order valence-corrected chi connectivity index (χ2v) is 20.7. The summed E-state index contributed by atoms with van der Waals surface area (Å²) >= 11 is 0. The van der Waals surface area contributed by atoms with Crippen molar-refractivity contribution in [1.82, 2.24) is 0 Å². The van der Waals surface area contributed by atoms with E-state index in [2.05, 4.69) is 50.3 Å². The number of quaternary nitrogens is 1. The Morgan fingerprint density at radius 3 is 1.28 bits per heavy atom. The fourth-order valence-electron chi connectivity index (χ4n) is 7.49. The second-order valence-electron chi connectivity index (χ2n) is 19.2. The number of nitrogens with zero attached hydrogens (tertiary/aromatic N) is 1. The number of carbonyl (C=O) groups is 2. The molecule has 0 saturated heterocycles. The van der Waals surface area contributed by atoms with Crippen molar-refractivity contribution < 1.29 is 42.1 Å². The van der Waals surface area contributed by atoms with Gasteiger partial charge in [0, 0.05) is 12.8 Å². The Morgan fingerprint density at radius 1 is 0.484 bits per heavy atom. The van der Waals surface area contributed by atoms with Crippen LogP contribution in [0.4, 0.5) is 0 Å². The summed E-state index contributed by atoms with van der Waals surface area (Å²) in [6, 6.07) is 0. The van der Waals surface area contributed by atoms with Crippen LogP contribution in [0.3, 0.4) is 0 Å². The SMILES string of the molecule is CCCCC/C=C/C/C=C/C/C=C/CCCCCCC(=O)OC[C@H](COP(=O)([O-])OCC[N+](C)(C)C)OC(=O)CCCCCCCCCCCCCCCCCCCCCCCCC. The van der Waals surface area contributed by atoms with Gasteiger partial charge in [-0.3, -0.25) is 14.2 Å². The van der Waals surface area contributed by atoms with Gasteiger partial charge in [-0.2, -0.15) is 0 Å². The van der Waals surface area contributed by atoms with Gasteiger partial charge >= 0.3 is 11.9 Å². The number of allylic oxidation sites excluding steroid dienone is 6. The van der Waals surface area contributed by atoms with Crippen LogP contribution in [0.5, 0.6) is 0 Å². The molecule has 0 aromatic rings. The number of hydrogen-bond acceptors (Lipinski definition) is 8. The van der Waals surface area contributed by atoms with Crippen molar-refractivity contribution in [3.8, 4) is 0 Å². The highest BCUT2D eigenvalue weighted by molar-refractivity contribution is 7.45. The molecular weight excluding hydrogens is 822 g/mol. The van der Waals surface area contributed by atoms with Crippen LogP contribution >= 0.6 is 7.82 Å². The Bertz CT molecular complexity index is 1180. The van der Waals surface area contributed by atoms with Crippen LogP contribution in [0.15, 0.2) is 36.5 Å². The van der Waals surface area contributed by atoms with E-state index in [1.807, 2.05) is 21.1 Å². The molecule has 0 spiro atoms. The average molecular weight is 924 g/mol. The lowest BCUT2D eigenvalue weighted by Crippen LogP contribution is -2.37. The predicted molar refractivity (Wildman–Crippen MR) is 268 cm³/mol. The summed E-state index contributed by atoms with van der Waals surface area (Å²) in [4.78, 5) is 37.7.